The van der Waals surface area contributed by atoms with Crippen molar-refractivity contribution in [3.8, 4) is 0 Å². The van der Waals surface area contributed by atoms with Crippen LogP contribution in [0, 0.1) is 29.1 Å². The molecular weight excluding hydrogens is 290 g/mol. The number of carbonyl (C=O) groups excluding carboxylic acids is 1. The summed E-state index contributed by atoms with van der Waals surface area (Å²) in [7, 11) is 0. The van der Waals surface area contributed by atoms with Gasteiger partial charge in [-0.3, -0.25) is 4.79 Å². The molecule has 7 atom stereocenters. The number of fused-ring (bicyclic) bond motifs is 2. The van der Waals surface area contributed by atoms with Gasteiger partial charge in [-0.25, -0.2) is 0 Å². The Morgan fingerprint density at radius 3 is 2.91 bits per heavy atom. The first-order chi connectivity index (χ1) is 10.9. The molecule has 0 aromatic carbocycles. The molecule has 4 aliphatic rings. The number of epoxide rings is 1. The van der Waals surface area contributed by atoms with Crippen LogP contribution in [0.1, 0.15) is 53.4 Å². The Labute approximate surface area is 139 Å². The van der Waals surface area contributed by atoms with Gasteiger partial charge < -0.3 is 14.8 Å². The van der Waals surface area contributed by atoms with Gasteiger partial charge in [-0.15, -0.1) is 0 Å². The van der Waals surface area contributed by atoms with Crippen molar-refractivity contribution >= 4 is 5.97 Å². The van der Waals surface area contributed by atoms with Crippen molar-refractivity contribution in [1.82, 2.24) is 5.32 Å². The van der Waals surface area contributed by atoms with Gasteiger partial charge in [0.15, 0.2) is 0 Å². The van der Waals surface area contributed by atoms with Crippen LogP contribution in [0.15, 0.2) is 0 Å². The zero-order chi connectivity index (χ0) is 16.4. The van der Waals surface area contributed by atoms with Gasteiger partial charge >= 0.3 is 5.97 Å². The monoisotopic (exact) mass is 321 g/mol. The molecule has 2 aliphatic carbocycles. The quantitative estimate of drug-likeness (QED) is 0.639. The van der Waals surface area contributed by atoms with E-state index in [0.717, 1.165) is 19.5 Å². The Kier molecular flexibility index (Phi) is 3.59. The molecule has 1 spiro atoms. The molecule has 1 N–H and O–H groups in total. The van der Waals surface area contributed by atoms with Crippen LogP contribution < -0.4 is 5.32 Å². The van der Waals surface area contributed by atoms with E-state index in [4.69, 9.17) is 9.47 Å². The van der Waals surface area contributed by atoms with Gasteiger partial charge in [0.25, 0.3) is 0 Å². The lowest BCUT2D eigenvalue weighted by Crippen LogP contribution is -2.54. The Hall–Kier alpha value is -0.610. The predicted octanol–water partition coefficient (Wildman–Crippen LogP) is 2.76. The summed E-state index contributed by atoms with van der Waals surface area (Å²) in [5.74, 6) is 1.43. The van der Waals surface area contributed by atoms with Gasteiger partial charge in [0.1, 0.15) is 11.7 Å². The summed E-state index contributed by atoms with van der Waals surface area (Å²) in [5, 5.41) is 3.46. The van der Waals surface area contributed by atoms with Crippen LogP contribution in [0.5, 0.6) is 0 Å². The minimum Gasteiger partial charge on any atom is -0.462 e. The standard InChI is InChI=1S/C19H31NO3/c1-11(2)9-20-10-13-15-14(22-17(13)21)8-18(4)7-5-6-12(3)19(18)16(15)23-19/h11-16,20H,5-10H2,1-4H3/t12-,13?,14+,15+,16-,18+,19-/m0/s1. The fourth-order valence-electron chi connectivity index (χ4n) is 5.99. The van der Waals surface area contributed by atoms with E-state index in [-0.39, 0.29) is 41.0 Å². The average Bonchev–Trinajstić information content (AvgIpc) is 3.14. The molecule has 0 aromatic heterocycles. The molecule has 2 heterocycles. The maximum atomic E-state index is 12.5. The topological polar surface area (TPSA) is 50.9 Å². The van der Waals surface area contributed by atoms with Crippen molar-refractivity contribution in [2.45, 2.75) is 71.2 Å². The molecule has 0 amide bonds. The van der Waals surface area contributed by atoms with Crippen molar-refractivity contribution in [3.05, 3.63) is 0 Å². The van der Waals surface area contributed by atoms with Crippen molar-refractivity contribution in [3.63, 3.8) is 0 Å². The maximum Gasteiger partial charge on any atom is 0.311 e. The molecule has 0 bridgehead atoms. The van der Waals surface area contributed by atoms with Gasteiger partial charge in [0, 0.05) is 17.9 Å². The van der Waals surface area contributed by atoms with Crippen LogP contribution in [0.4, 0.5) is 0 Å². The fraction of sp³-hybridized carbons (Fsp3) is 0.947. The molecule has 4 nitrogen and oxygen atoms in total. The molecule has 2 saturated heterocycles. The summed E-state index contributed by atoms with van der Waals surface area (Å²) in [4.78, 5) is 12.5. The Balaban J connectivity index is 1.54. The lowest BCUT2D eigenvalue weighted by Gasteiger charge is -2.48. The van der Waals surface area contributed by atoms with Crippen LogP contribution in [0.3, 0.4) is 0 Å². The fourth-order valence-corrected chi connectivity index (χ4v) is 5.99. The maximum absolute atomic E-state index is 12.5. The first-order valence-corrected chi connectivity index (χ1v) is 9.48. The van der Waals surface area contributed by atoms with E-state index in [2.05, 4.69) is 33.0 Å². The van der Waals surface area contributed by atoms with E-state index < -0.39 is 0 Å². The van der Waals surface area contributed by atoms with Gasteiger partial charge in [0.2, 0.25) is 0 Å². The number of ether oxygens (including phenoxy) is 2. The van der Waals surface area contributed by atoms with E-state index in [9.17, 15) is 4.79 Å². The highest BCUT2D eigenvalue weighted by Gasteiger charge is 2.78. The zero-order valence-electron chi connectivity index (χ0n) is 14.9. The number of esters is 1. The lowest BCUT2D eigenvalue weighted by atomic mass is 9.53. The highest BCUT2D eigenvalue weighted by molar-refractivity contribution is 5.76. The molecular formula is C19H31NO3. The van der Waals surface area contributed by atoms with Crippen LogP contribution >= 0.6 is 0 Å². The van der Waals surface area contributed by atoms with E-state index in [1.54, 1.807) is 0 Å². The summed E-state index contributed by atoms with van der Waals surface area (Å²) in [6.45, 7) is 10.8. The number of rotatable bonds is 4. The third-order valence-electron chi connectivity index (χ3n) is 7.11. The molecule has 0 aromatic rings. The third-order valence-corrected chi connectivity index (χ3v) is 7.11. The SMILES string of the molecule is CC(C)CNCC1C(=O)O[C@@H]2C[C@@]3(C)CCC[C@H](C)[C@@]34O[C@H]4[C@H]12. The Morgan fingerprint density at radius 2 is 2.17 bits per heavy atom. The van der Waals surface area contributed by atoms with E-state index in [0.29, 0.717) is 11.8 Å². The second-order valence-electron chi connectivity index (χ2n) is 9.10. The largest absolute Gasteiger partial charge is 0.462 e. The van der Waals surface area contributed by atoms with Gasteiger partial charge in [0.05, 0.1) is 12.0 Å². The summed E-state index contributed by atoms with van der Waals surface area (Å²) in [6.07, 6.45) is 5.05. The van der Waals surface area contributed by atoms with Crippen molar-refractivity contribution in [2.24, 2.45) is 29.1 Å². The first kappa shape index (κ1) is 15.9. The van der Waals surface area contributed by atoms with Crippen LogP contribution in [-0.4, -0.2) is 36.9 Å². The summed E-state index contributed by atoms with van der Waals surface area (Å²) < 4.78 is 12.3. The lowest BCUT2D eigenvalue weighted by molar-refractivity contribution is -0.146. The number of hydrogen-bond acceptors (Lipinski definition) is 4. The predicted molar refractivity (Wildman–Crippen MR) is 87.9 cm³/mol. The number of carbonyl (C=O) groups is 1. The summed E-state index contributed by atoms with van der Waals surface area (Å²) in [5.41, 5.74) is 0.216. The molecule has 23 heavy (non-hydrogen) atoms. The van der Waals surface area contributed by atoms with E-state index in [1.165, 1.54) is 19.3 Å². The Bertz CT molecular complexity index is 507. The first-order valence-electron chi connectivity index (χ1n) is 9.48. The molecule has 2 saturated carbocycles. The highest BCUT2D eigenvalue weighted by atomic mass is 16.6. The normalized spacial score (nSPS) is 51.0. The van der Waals surface area contributed by atoms with Crippen LogP contribution in [0.2, 0.25) is 0 Å². The van der Waals surface area contributed by atoms with Crippen molar-refractivity contribution in [1.29, 1.82) is 0 Å². The van der Waals surface area contributed by atoms with Crippen molar-refractivity contribution < 1.29 is 14.3 Å². The van der Waals surface area contributed by atoms with E-state index in [1.807, 2.05) is 0 Å². The number of nitrogens with one attached hydrogen (secondary N) is 1. The van der Waals surface area contributed by atoms with Gasteiger partial charge in [-0.05, 0) is 37.6 Å². The van der Waals surface area contributed by atoms with Crippen LogP contribution in [-0.2, 0) is 14.3 Å². The second-order valence-corrected chi connectivity index (χ2v) is 9.10. The smallest absolute Gasteiger partial charge is 0.311 e. The van der Waals surface area contributed by atoms with Gasteiger partial charge in [-0.1, -0.05) is 34.1 Å². The molecule has 4 fully saturated rings. The summed E-state index contributed by atoms with van der Waals surface area (Å²) >= 11 is 0. The molecule has 0 radical (unpaired) electrons. The second kappa shape index (κ2) is 5.19. The third kappa shape index (κ3) is 2.13. The minimum atomic E-state index is -0.0261. The molecule has 4 heteroatoms. The highest BCUT2D eigenvalue weighted by Crippen LogP contribution is 2.70. The molecule has 1 unspecified atom stereocenters. The molecule has 4 rings (SSSR count). The molecule has 2 aliphatic heterocycles. The summed E-state index contributed by atoms with van der Waals surface area (Å²) in [6, 6.07) is 0. The van der Waals surface area contributed by atoms with E-state index >= 15 is 0 Å². The minimum absolute atomic E-state index is 0.00296. The van der Waals surface area contributed by atoms with Crippen molar-refractivity contribution in [2.75, 3.05) is 13.1 Å². The number of hydrogen-bond donors (Lipinski definition) is 1. The Morgan fingerprint density at radius 1 is 1.39 bits per heavy atom. The van der Waals surface area contributed by atoms with Crippen LogP contribution in [0.25, 0.3) is 0 Å². The zero-order valence-corrected chi connectivity index (χ0v) is 14.9. The van der Waals surface area contributed by atoms with Gasteiger partial charge in [-0.2, -0.15) is 0 Å². The average molecular weight is 321 g/mol. The molecule has 130 valence electrons.